The van der Waals surface area contributed by atoms with Crippen molar-refractivity contribution >= 4 is 74.8 Å². The number of carbonyl (C=O) groups is 2. The number of carboxylic acids is 2. The van der Waals surface area contributed by atoms with Gasteiger partial charge in [0.15, 0.2) is 0 Å². The van der Waals surface area contributed by atoms with E-state index in [-0.39, 0.29) is 42.0 Å². The Labute approximate surface area is 272 Å². The number of halogens is 1. The third-order valence-electron chi connectivity index (χ3n) is 8.22. The Bertz CT molecular complexity index is 1930. The summed E-state index contributed by atoms with van der Waals surface area (Å²) in [5.74, 6) is -1.76. The number of aromatic amines is 2. The van der Waals surface area contributed by atoms with Crippen LogP contribution in [-0.4, -0.2) is 42.1 Å². The molecular formula is C34H35ClCoN4O4. The number of hydrogen-bond donors (Lipinski definition) is 4. The van der Waals surface area contributed by atoms with E-state index in [1.165, 1.54) is 0 Å². The van der Waals surface area contributed by atoms with Gasteiger partial charge in [0, 0.05) is 62.8 Å². The largest absolute Gasteiger partial charge is 0.481 e. The molecule has 0 fully saturated rings. The molecule has 5 heterocycles. The molecule has 5 rings (SSSR count). The molecule has 10 heteroatoms. The smallest absolute Gasteiger partial charge is 0.303 e. The van der Waals surface area contributed by atoms with Gasteiger partial charge in [0.25, 0.3) is 0 Å². The fraction of sp³-hybridized carbons (Fsp3) is 0.235. The summed E-state index contributed by atoms with van der Waals surface area (Å²) in [5, 5.41) is 18.9. The van der Waals surface area contributed by atoms with Crippen LogP contribution in [0.5, 0.6) is 0 Å². The SMILES string of the molecule is C=CC1=C(C)c2cc3[nH]c(cc4nc(cc5[nH]c(cc1n2)c(C)c5CCC(=O)O)C(CCC(=O)O)=C4C)c(C)c3C=C.Cl.[Co]. The zero-order valence-corrected chi connectivity index (χ0v) is 26.9. The summed E-state index contributed by atoms with van der Waals surface area (Å²) in [6.07, 6.45) is 4.22. The molecule has 231 valence electrons. The Hall–Kier alpha value is -4.18. The van der Waals surface area contributed by atoms with E-state index < -0.39 is 11.9 Å². The van der Waals surface area contributed by atoms with Gasteiger partial charge in [0.2, 0.25) is 0 Å². The second-order valence-corrected chi connectivity index (χ2v) is 10.7. The van der Waals surface area contributed by atoms with Crippen molar-refractivity contribution in [3.63, 3.8) is 0 Å². The van der Waals surface area contributed by atoms with Crippen LogP contribution in [0.15, 0.2) is 43.5 Å². The van der Waals surface area contributed by atoms with Crippen molar-refractivity contribution in [2.75, 3.05) is 0 Å². The van der Waals surface area contributed by atoms with Gasteiger partial charge in [-0.2, -0.15) is 0 Å². The molecule has 44 heavy (non-hydrogen) atoms. The first-order valence-electron chi connectivity index (χ1n) is 13.9. The zero-order valence-electron chi connectivity index (χ0n) is 25.1. The van der Waals surface area contributed by atoms with E-state index in [9.17, 15) is 19.8 Å². The average molecular weight is 658 g/mol. The minimum Gasteiger partial charge on any atom is -0.481 e. The molecule has 0 amide bonds. The Balaban J connectivity index is 0.00000264. The topological polar surface area (TPSA) is 132 Å². The van der Waals surface area contributed by atoms with Crippen molar-refractivity contribution < 1.29 is 36.6 Å². The molecule has 0 saturated heterocycles. The van der Waals surface area contributed by atoms with Crippen molar-refractivity contribution in [2.45, 2.75) is 53.4 Å². The van der Waals surface area contributed by atoms with Gasteiger partial charge in [-0.05, 0) is 98.2 Å². The molecule has 0 saturated carbocycles. The minimum atomic E-state index is -0.883. The van der Waals surface area contributed by atoms with Crippen molar-refractivity contribution in [2.24, 2.45) is 0 Å². The summed E-state index contributed by atoms with van der Waals surface area (Å²) in [6, 6.07) is 7.88. The number of nitrogens with zero attached hydrogens (tertiary/aromatic N) is 2. The van der Waals surface area contributed by atoms with E-state index in [4.69, 9.17) is 9.97 Å². The molecule has 2 aliphatic rings. The van der Waals surface area contributed by atoms with Crippen LogP contribution in [0.25, 0.3) is 50.4 Å². The van der Waals surface area contributed by atoms with E-state index >= 15 is 0 Å². The van der Waals surface area contributed by atoms with Crippen LogP contribution in [-0.2, 0) is 32.8 Å². The molecule has 4 N–H and O–H groups in total. The molecule has 0 spiro atoms. The van der Waals surface area contributed by atoms with Gasteiger partial charge in [-0.3, -0.25) is 9.59 Å². The first kappa shape index (κ1) is 34.3. The van der Waals surface area contributed by atoms with E-state index in [1.54, 1.807) is 6.08 Å². The predicted octanol–water partition coefficient (Wildman–Crippen LogP) is 7.92. The third kappa shape index (κ3) is 6.35. The number of aromatic nitrogens is 4. The fourth-order valence-corrected chi connectivity index (χ4v) is 5.77. The summed E-state index contributed by atoms with van der Waals surface area (Å²) in [7, 11) is 0. The molecule has 0 aromatic carbocycles. The Morgan fingerprint density at radius 3 is 1.89 bits per heavy atom. The van der Waals surface area contributed by atoms with Crippen LogP contribution >= 0.6 is 12.4 Å². The molecule has 1 radical (unpaired) electrons. The minimum absolute atomic E-state index is 0. The van der Waals surface area contributed by atoms with Gasteiger partial charge in [0.05, 0.1) is 22.8 Å². The number of nitrogens with one attached hydrogen (secondary N) is 2. The molecular weight excluding hydrogens is 623 g/mol. The van der Waals surface area contributed by atoms with Crippen LogP contribution in [0.3, 0.4) is 0 Å². The Morgan fingerprint density at radius 2 is 1.25 bits per heavy atom. The number of aryl methyl sites for hydroxylation is 3. The number of rotatable bonds is 8. The number of fused-ring (bicyclic) bond motifs is 8. The number of H-pyrrole nitrogens is 2. The first-order valence-corrected chi connectivity index (χ1v) is 13.9. The Morgan fingerprint density at radius 1 is 0.727 bits per heavy atom. The van der Waals surface area contributed by atoms with Gasteiger partial charge in [-0.25, -0.2) is 9.97 Å². The van der Waals surface area contributed by atoms with Crippen LogP contribution in [0, 0.1) is 13.8 Å². The number of carboxylic acid groups (broad SMARTS) is 2. The summed E-state index contributed by atoms with van der Waals surface area (Å²) >= 11 is 0. The Kier molecular flexibility index (Phi) is 10.6. The quantitative estimate of drug-likeness (QED) is 0.195. The van der Waals surface area contributed by atoms with Gasteiger partial charge in [0.1, 0.15) is 0 Å². The van der Waals surface area contributed by atoms with Crippen molar-refractivity contribution in [1.29, 1.82) is 0 Å². The summed E-state index contributed by atoms with van der Waals surface area (Å²) in [5.41, 5.74) is 13.7. The van der Waals surface area contributed by atoms with E-state index in [1.807, 2.05) is 58.0 Å². The fourth-order valence-electron chi connectivity index (χ4n) is 5.77. The van der Waals surface area contributed by atoms with E-state index in [0.717, 1.165) is 83.7 Å². The molecule has 2 aliphatic heterocycles. The molecule has 8 nitrogen and oxygen atoms in total. The van der Waals surface area contributed by atoms with Gasteiger partial charge < -0.3 is 20.2 Å². The molecule has 8 bridgehead atoms. The number of aliphatic carboxylic acids is 2. The normalized spacial score (nSPS) is 12.5. The summed E-state index contributed by atoms with van der Waals surface area (Å²) < 4.78 is 0. The molecule has 0 unspecified atom stereocenters. The maximum atomic E-state index is 11.5. The molecule has 0 atom stereocenters. The number of allylic oxidation sites excluding steroid dienone is 5. The maximum Gasteiger partial charge on any atom is 0.303 e. The van der Waals surface area contributed by atoms with Crippen LogP contribution in [0.4, 0.5) is 0 Å². The van der Waals surface area contributed by atoms with Crippen LogP contribution in [0.2, 0.25) is 0 Å². The molecule has 3 aromatic heterocycles. The van der Waals surface area contributed by atoms with Crippen LogP contribution in [0.1, 0.15) is 78.1 Å². The standard InChI is InChI=1S/C34H34N4O4.ClH.Co/c1-7-21-17(3)25-13-26-19(5)23(9-11-33(39)40)31(37-26)16-32-24(10-12-34(41)42)20(6)28(38-32)15-30-22(8-2)18(4)27(36-30)14-29(21)35-25;;/h7-8,13-16,35,38H,1-2,9-12H2,3-6H3,(H,39,40)(H,41,42);1H;. The van der Waals surface area contributed by atoms with Crippen molar-refractivity contribution in [3.05, 3.63) is 88.5 Å². The van der Waals surface area contributed by atoms with Gasteiger partial charge in [-0.1, -0.05) is 25.3 Å². The van der Waals surface area contributed by atoms with Gasteiger partial charge >= 0.3 is 11.9 Å². The van der Waals surface area contributed by atoms with Gasteiger partial charge in [-0.15, -0.1) is 12.4 Å². The van der Waals surface area contributed by atoms with Crippen molar-refractivity contribution in [1.82, 2.24) is 19.9 Å². The summed E-state index contributed by atoms with van der Waals surface area (Å²) in [6.45, 7) is 16.0. The second-order valence-electron chi connectivity index (χ2n) is 10.7. The monoisotopic (exact) mass is 657 g/mol. The third-order valence-corrected chi connectivity index (χ3v) is 8.22. The first-order chi connectivity index (χ1) is 20.0. The average Bonchev–Trinajstić information content (AvgIpc) is 3.59. The second kappa shape index (κ2) is 13.6. The molecule has 3 aromatic rings. The zero-order chi connectivity index (χ0) is 30.3. The maximum absolute atomic E-state index is 11.5. The number of hydrogen-bond acceptors (Lipinski definition) is 4. The van der Waals surface area contributed by atoms with E-state index in [2.05, 4.69) is 23.1 Å². The molecule has 0 aliphatic carbocycles. The summed E-state index contributed by atoms with van der Waals surface area (Å²) in [4.78, 5) is 40.0. The van der Waals surface area contributed by atoms with Crippen molar-refractivity contribution in [3.8, 4) is 0 Å². The van der Waals surface area contributed by atoms with Crippen LogP contribution < -0.4 is 0 Å². The predicted molar refractivity (Wildman–Crippen MR) is 176 cm³/mol. The van der Waals surface area contributed by atoms with E-state index in [0.29, 0.717) is 18.5 Å².